The van der Waals surface area contributed by atoms with E-state index in [1.165, 1.54) is 0 Å². The van der Waals surface area contributed by atoms with Gasteiger partial charge in [0.2, 0.25) is 5.91 Å². The first-order chi connectivity index (χ1) is 5.72. The van der Waals surface area contributed by atoms with Crippen molar-refractivity contribution in [2.45, 2.75) is 32.2 Å². The smallest absolute Gasteiger partial charge is 0.236 e. The van der Waals surface area contributed by atoms with Crippen molar-refractivity contribution in [2.24, 2.45) is 11.5 Å². The maximum Gasteiger partial charge on any atom is 0.236 e. The quantitative estimate of drug-likeness (QED) is 0.477. The Morgan fingerprint density at radius 3 is 2.67 bits per heavy atom. The van der Waals surface area contributed by atoms with Crippen LogP contribution < -0.4 is 16.8 Å². The van der Waals surface area contributed by atoms with Crippen LogP contribution in [0.3, 0.4) is 0 Å². The Morgan fingerprint density at radius 2 is 2.17 bits per heavy atom. The molecule has 0 aliphatic heterocycles. The Balaban J connectivity index is 3.31. The number of nitrogens with one attached hydrogen (secondary N) is 1. The summed E-state index contributed by atoms with van der Waals surface area (Å²) in [4.78, 5) is 11.1. The Morgan fingerprint density at radius 1 is 1.50 bits per heavy atom. The lowest BCUT2D eigenvalue weighted by Gasteiger charge is -2.09. The summed E-state index contributed by atoms with van der Waals surface area (Å²) >= 11 is 0. The van der Waals surface area contributed by atoms with Gasteiger partial charge in [-0.15, -0.1) is 0 Å². The van der Waals surface area contributed by atoms with Crippen molar-refractivity contribution in [1.29, 1.82) is 0 Å². The van der Waals surface area contributed by atoms with Gasteiger partial charge in [0.1, 0.15) is 0 Å². The molecule has 0 saturated heterocycles. The van der Waals surface area contributed by atoms with Crippen molar-refractivity contribution in [1.82, 2.24) is 5.32 Å². The van der Waals surface area contributed by atoms with E-state index in [0.29, 0.717) is 19.5 Å². The fraction of sp³-hybridized carbons (Fsp3) is 0.875. The summed E-state index contributed by atoms with van der Waals surface area (Å²) < 4.78 is 0. The lowest BCUT2D eigenvalue weighted by Crippen LogP contribution is -2.40. The van der Waals surface area contributed by atoms with Gasteiger partial charge in [0.15, 0.2) is 0 Å². The molecule has 4 nitrogen and oxygen atoms in total. The second-order valence-electron chi connectivity index (χ2n) is 2.80. The van der Waals surface area contributed by atoms with Crippen molar-refractivity contribution in [3.63, 3.8) is 0 Å². The molecule has 0 aromatic rings. The summed E-state index contributed by atoms with van der Waals surface area (Å²) in [5.74, 6) is -0.0606. The van der Waals surface area contributed by atoms with Crippen LogP contribution in [-0.4, -0.2) is 25.0 Å². The molecule has 0 aromatic heterocycles. The predicted octanol–water partition coefficient (Wildman–Crippen LogP) is -0.421. The molecule has 0 spiro atoms. The number of rotatable bonds is 6. The standard InChI is InChI=1S/C8H19N3O/c1-2-7(10)8(12)11-6-4-3-5-9/h7H,2-6,9-10H2,1H3,(H,11,12). The van der Waals surface area contributed by atoms with Gasteiger partial charge in [-0.25, -0.2) is 0 Å². The Bertz CT molecular complexity index is 127. The van der Waals surface area contributed by atoms with Gasteiger partial charge < -0.3 is 16.8 Å². The maximum atomic E-state index is 11.1. The highest BCUT2D eigenvalue weighted by molar-refractivity contribution is 5.81. The molecule has 0 radical (unpaired) electrons. The number of carbonyl (C=O) groups excluding carboxylic acids is 1. The first-order valence-electron chi connectivity index (χ1n) is 4.45. The third-order valence-corrected chi connectivity index (χ3v) is 1.71. The molecule has 4 heteroatoms. The molecule has 0 bridgehead atoms. The third-order valence-electron chi connectivity index (χ3n) is 1.71. The second-order valence-corrected chi connectivity index (χ2v) is 2.80. The summed E-state index contributed by atoms with van der Waals surface area (Å²) in [6.07, 6.45) is 2.56. The van der Waals surface area contributed by atoms with E-state index >= 15 is 0 Å². The van der Waals surface area contributed by atoms with Crippen LogP contribution in [-0.2, 0) is 4.79 Å². The van der Waals surface area contributed by atoms with Crippen molar-refractivity contribution in [3.8, 4) is 0 Å². The third kappa shape index (κ3) is 5.09. The van der Waals surface area contributed by atoms with Crippen LogP contribution >= 0.6 is 0 Å². The largest absolute Gasteiger partial charge is 0.355 e. The summed E-state index contributed by atoms with van der Waals surface area (Å²) in [6, 6.07) is -0.358. The molecule has 0 aliphatic rings. The molecule has 1 atom stereocenters. The minimum atomic E-state index is -0.358. The molecule has 1 unspecified atom stereocenters. The number of hydrogen-bond acceptors (Lipinski definition) is 3. The van der Waals surface area contributed by atoms with Crippen LogP contribution in [0, 0.1) is 0 Å². The van der Waals surface area contributed by atoms with Crippen LogP contribution in [0.5, 0.6) is 0 Å². The van der Waals surface area contributed by atoms with E-state index in [2.05, 4.69) is 5.32 Å². The second kappa shape index (κ2) is 7.06. The molecule has 5 N–H and O–H groups in total. The van der Waals surface area contributed by atoms with Gasteiger partial charge in [-0.2, -0.15) is 0 Å². The summed E-state index contributed by atoms with van der Waals surface area (Å²) in [5.41, 5.74) is 10.8. The molecule has 1 amide bonds. The zero-order valence-electron chi connectivity index (χ0n) is 7.68. The zero-order chi connectivity index (χ0) is 9.40. The predicted molar refractivity (Wildman–Crippen MR) is 49.6 cm³/mol. The van der Waals surface area contributed by atoms with Crippen molar-refractivity contribution in [2.75, 3.05) is 13.1 Å². The van der Waals surface area contributed by atoms with Gasteiger partial charge in [-0.3, -0.25) is 4.79 Å². The van der Waals surface area contributed by atoms with Gasteiger partial charge in [0.05, 0.1) is 6.04 Å². The highest BCUT2D eigenvalue weighted by atomic mass is 16.2. The number of hydrogen-bond donors (Lipinski definition) is 3. The van der Waals surface area contributed by atoms with E-state index in [9.17, 15) is 4.79 Å². The van der Waals surface area contributed by atoms with Crippen LogP contribution in [0.1, 0.15) is 26.2 Å². The van der Waals surface area contributed by atoms with Gasteiger partial charge in [0.25, 0.3) is 0 Å². The fourth-order valence-electron chi connectivity index (χ4n) is 0.797. The molecule has 0 aliphatic carbocycles. The molecular formula is C8H19N3O. The van der Waals surface area contributed by atoms with Crippen LogP contribution in [0.2, 0.25) is 0 Å². The van der Waals surface area contributed by atoms with Crippen molar-refractivity contribution >= 4 is 5.91 Å². The molecule has 0 aromatic carbocycles. The monoisotopic (exact) mass is 173 g/mol. The first-order valence-corrected chi connectivity index (χ1v) is 4.45. The first kappa shape index (κ1) is 11.4. The number of nitrogens with two attached hydrogens (primary N) is 2. The maximum absolute atomic E-state index is 11.1. The topological polar surface area (TPSA) is 81.1 Å². The molecule has 0 heterocycles. The van der Waals surface area contributed by atoms with Gasteiger partial charge in [-0.1, -0.05) is 6.92 Å². The van der Waals surface area contributed by atoms with E-state index in [0.717, 1.165) is 12.8 Å². The Kier molecular flexibility index (Phi) is 6.70. The lowest BCUT2D eigenvalue weighted by atomic mass is 10.2. The fourth-order valence-corrected chi connectivity index (χ4v) is 0.797. The van der Waals surface area contributed by atoms with E-state index in [1.54, 1.807) is 0 Å². The number of carbonyl (C=O) groups is 1. The van der Waals surface area contributed by atoms with Gasteiger partial charge in [-0.05, 0) is 25.8 Å². The van der Waals surface area contributed by atoms with Crippen LogP contribution in [0.25, 0.3) is 0 Å². The SMILES string of the molecule is CCC(N)C(=O)NCCCCN. The Hall–Kier alpha value is -0.610. The highest BCUT2D eigenvalue weighted by Gasteiger charge is 2.08. The lowest BCUT2D eigenvalue weighted by molar-refractivity contribution is -0.122. The van der Waals surface area contributed by atoms with Gasteiger partial charge >= 0.3 is 0 Å². The van der Waals surface area contributed by atoms with E-state index in [4.69, 9.17) is 11.5 Å². The van der Waals surface area contributed by atoms with Crippen LogP contribution in [0.15, 0.2) is 0 Å². The summed E-state index contributed by atoms with van der Waals surface area (Å²) in [6.45, 7) is 3.25. The molecular weight excluding hydrogens is 154 g/mol. The normalized spacial score (nSPS) is 12.6. The Labute approximate surface area is 73.7 Å². The molecule has 72 valence electrons. The molecule has 0 fully saturated rings. The minimum absolute atomic E-state index is 0.0606. The number of amides is 1. The zero-order valence-corrected chi connectivity index (χ0v) is 7.68. The molecule has 12 heavy (non-hydrogen) atoms. The van der Waals surface area contributed by atoms with Crippen molar-refractivity contribution < 1.29 is 4.79 Å². The van der Waals surface area contributed by atoms with Crippen LogP contribution in [0.4, 0.5) is 0 Å². The molecule has 0 saturated carbocycles. The summed E-state index contributed by atoms with van der Waals surface area (Å²) in [5, 5.41) is 2.75. The van der Waals surface area contributed by atoms with Gasteiger partial charge in [0, 0.05) is 6.54 Å². The average Bonchev–Trinajstić information content (AvgIpc) is 2.10. The van der Waals surface area contributed by atoms with E-state index in [1.807, 2.05) is 6.92 Å². The number of unbranched alkanes of at least 4 members (excludes halogenated alkanes) is 1. The van der Waals surface area contributed by atoms with E-state index in [-0.39, 0.29) is 11.9 Å². The minimum Gasteiger partial charge on any atom is -0.355 e. The summed E-state index contributed by atoms with van der Waals surface area (Å²) in [7, 11) is 0. The van der Waals surface area contributed by atoms with Crippen molar-refractivity contribution in [3.05, 3.63) is 0 Å². The average molecular weight is 173 g/mol. The molecule has 0 rings (SSSR count). The highest BCUT2D eigenvalue weighted by Crippen LogP contribution is 1.87. The van der Waals surface area contributed by atoms with E-state index < -0.39 is 0 Å².